The van der Waals surface area contributed by atoms with Gasteiger partial charge < -0.3 is 5.11 Å². The van der Waals surface area contributed by atoms with Crippen molar-refractivity contribution < 1.29 is 5.11 Å². The van der Waals surface area contributed by atoms with Gasteiger partial charge in [-0.1, -0.05) is 40.5 Å². The Morgan fingerprint density at radius 2 is 1.75 bits per heavy atom. The molecule has 8 unspecified atom stereocenters. The Bertz CT molecular complexity index is 471. The lowest BCUT2D eigenvalue weighted by Gasteiger charge is -2.62. The fourth-order valence-corrected chi connectivity index (χ4v) is 8.34. The van der Waals surface area contributed by atoms with Gasteiger partial charge in [-0.15, -0.1) is 0 Å². The van der Waals surface area contributed by atoms with Crippen LogP contribution in [0, 0.1) is 46.3 Å². The molecule has 0 heterocycles. The standard InChI is InChI=1S/C23H40O/c1-15(2)13-17-9-11-19-18-10-8-16-7-5-6-12-22(16,3)20(18)14-21(24)23(17,19)4/h15-21,24H,5-14H2,1-4H3. The summed E-state index contributed by atoms with van der Waals surface area (Å²) in [6.07, 6.45) is 13.9. The molecule has 4 fully saturated rings. The molecular weight excluding hydrogens is 292 g/mol. The summed E-state index contributed by atoms with van der Waals surface area (Å²) in [4.78, 5) is 0. The van der Waals surface area contributed by atoms with Gasteiger partial charge in [0.1, 0.15) is 0 Å². The number of rotatable bonds is 2. The van der Waals surface area contributed by atoms with Crippen LogP contribution >= 0.6 is 0 Å². The van der Waals surface area contributed by atoms with Gasteiger partial charge in [0.05, 0.1) is 6.10 Å². The Balaban J connectivity index is 1.63. The largest absolute Gasteiger partial charge is 0.393 e. The molecule has 4 saturated carbocycles. The molecule has 8 atom stereocenters. The lowest BCUT2D eigenvalue weighted by atomic mass is 9.44. The molecule has 1 N–H and O–H groups in total. The number of hydrogen-bond donors (Lipinski definition) is 1. The molecule has 24 heavy (non-hydrogen) atoms. The van der Waals surface area contributed by atoms with Crippen LogP contribution < -0.4 is 0 Å². The lowest BCUT2D eigenvalue weighted by Crippen LogP contribution is -2.57. The maximum atomic E-state index is 11.4. The average Bonchev–Trinajstić information content (AvgIpc) is 2.86. The Kier molecular flexibility index (Phi) is 4.34. The third kappa shape index (κ3) is 2.36. The second-order valence-corrected chi connectivity index (χ2v) is 10.9. The van der Waals surface area contributed by atoms with Crippen molar-refractivity contribution in [2.24, 2.45) is 46.3 Å². The molecule has 0 radical (unpaired) electrons. The monoisotopic (exact) mass is 332 g/mol. The van der Waals surface area contributed by atoms with Crippen LogP contribution in [0.3, 0.4) is 0 Å². The van der Waals surface area contributed by atoms with Gasteiger partial charge in [0.25, 0.3) is 0 Å². The molecule has 1 heteroatoms. The Morgan fingerprint density at radius 1 is 0.958 bits per heavy atom. The maximum absolute atomic E-state index is 11.4. The van der Waals surface area contributed by atoms with Crippen molar-refractivity contribution in [3.8, 4) is 0 Å². The van der Waals surface area contributed by atoms with Crippen LogP contribution in [0.25, 0.3) is 0 Å². The summed E-state index contributed by atoms with van der Waals surface area (Å²) in [5.41, 5.74) is 0.753. The van der Waals surface area contributed by atoms with Gasteiger partial charge >= 0.3 is 0 Å². The molecule has 0 bridgehead atoms. The SMILES string of the molecule is CC(C)CC1CCC2C3CCC4CCCCC4(C)C3CC(O)C12C. The fourth-order valence-electron chi connectivity index (χ4n) is 8.34. The average molecular weight is 333 g/mol. The van der Waals surface area contributed by atoms with Crippen molar-refractivity contribution in [2.45, 2.75) is 98.0 Å². The van der Waals surface area contributed by atoms with E-state index in [0.717, 1.165) is 41.9 Å². The molecule has 0 aromatic heterocycles. The summed E-state index contributed by atoms with van der Waals surface area (Å²) >= 11 is 0. The molecule has 4 aliphatic carbocycles. The van der Waals surface area contributed by atoms with E-state index < -0.39 is 0 Å². The Labute approximate surface area is 150 Å². The van der Waals surface area contributed by atoms with Crippen molar-refractivity contribution in [2.75, 3.05) is 0 Å². The highest BCUT2D eigenvalue weighted by Crippen LogP contribution is 2.67. The highest BCUT2D eigenvalue weighted by atomic mass is 16.3. The minimum Gasteiger partial charge on any atom is -0.393 e. The summed E-state index contributed by atoms with van der Waals surface area (Å²) in [5, 5.41) is 11.4. The number of aliphatic hydroxyl groups is 1. The zero-order valence-corrected chi connectivity index (χ0v) is 16.6. The summed E-state index contributed by atoms with van der Waals surface area (Å²) in [7, 11) is 0. The third-order valence-electron chi connectivity index (χ3n) is 9.64. The van der Waals surface area contributed by atoms with Crippen molar-refractivity contribution >= 4 is 0 Å². The third-order valence-corrected chi connectivity index (χ3v) is 9.64. The highest BCUT2D eigenvalue weighted by molar-refractivity contribution is 5.11. The molecule has 0 spiro atoms. The van der Waals surface area contributed by atoms with Gasteiger partial charge in [-0.25, -0.2) is 0 Å². The van der Waals surface area contributed by atoms with E-state index >= 15 is 0 Å². The topological polar surface area (TPSA) is 20.2 Å². The summed E-state index contributed by atoms with van der Waals surface area (Å²) in [5.74, 6) is 5.00. The summed E-state index contributed by atoms with van der Waals surface area (Å²) in [6, 6.07) is 0. The predicted octanol–water partition coefficient (Wildman–Crippen LogP) is 6.05. The first-order chi connectivity index (χ1) is 11.4. The highest BCUT2D eigenvalue weighted by Gasteiger charge is 2.62. The van der Waals surface area contributed by atoms with E-state index in [1.165, 1.54) is 57.8 Å². The zero-order valence-electron chi connectivity index (χ0n) is 16.6. The normalized spacial score (nSPS) is 54.2. The second-order valence-electron chi connectivity index (χ2n) is 10.9. The van der Waals surface area contributed by atoms with Crippen molar-refractivity contribution in [1.82, 2.24) is 0 Å². The van der Waals surface area contributed by atoms with E-state index in [1.807, 2.05) is 0 Å². The van der Waals surface area contributed by atoms with E-state index in [4.69, 9.17) is 0 Å². The van der Waals surface area contributed by atoms with Gasteiger partial charge in [-0.2, -0.15) is 0 Å². The quantitative estimate of drug-likeness (QED) is 0.652. The maximum Gasteiger partial charge on any atom is 0.0602 e. The molecule has 4 rings (SSSR count). The lowest BCUT2D eigenvalue weighted by molar-refractivity contribution is -0.164. The van der Waals surface area contributed by atoms with Crippen LogP contribution in [0.2, 0.25) is 0 Å². The molecule has 1 nitrogen and oxygen atoms in total. The van der Waals surface area contributed by atoms with Crippen LogP contribution in [0.1, 0.15) is 91.9 Å². The first-order valence-corrected chi connectivity index (χ1v) is 11.1. The van der Waals surface area contributed by atoms with Crippen LogP contribution in [-0.4, -0.2) is 11.2 Å². The first-order valence-electron chi connectivity index (χ1n) is 11.1. The fraction of sp³-hybridized carbons (Fsp3) is 1.00. The van der Waals surface area contributed by atoms with Crippen molar-refractivity contribution in [1.29, 1.82) is 0 Å². The van der Waals surface area contributed by atoms with Gasteiger partial charge in [-0.3, -0.25) is 0 Å². The molecule has 138 valence electrons. The van der Waals surface area contributed by atoms with Crippen LogP contribution in [0.5, 0.6) is 0 Å². The molecular formula is C23H40O. The number of aliphatic hydroxyl groups excluding tert-OH is 1. The second kappa shape index (κ2) is 6.00. The van der Waals surface area contributed by atoms with Gasteiger partial charge in [-0.05, 0) is 97.7 Å². The Hall–Kier alpha value is -0.0400. The predicted molar refractivity (Wildman–Crippen MR) is 101 cm³/mol. The van der Waals surface area contributed by atoms with Gasteiger partial charge in [0, 0.05) is 0 Å². The van der Waals surface area contributed by atoms with E-state index in [-0.39, 0.29) is 11.5 Å². The minimum absolute atomic E-state index is 0.0486. The van der Waals surface area contributed by atoms with E-state index in [1.54, 1.807) is 0 Å². The van der Waals surface area contributed by atoms with Gasteiger partial charge in [0.15, 0.2) is 0 Å². The van der Waals surface area contributed by atoms with Gasteiger partial charge in [0.2, 0.25) is 0 Å². The number of hydrogen-bond acceptors (Lipinski definition) is 1. The van der Waals surface area contributed by atoms with Crippen LogP contribution in [0.15, 0.2) is 0 Å². The molecule has 0 aliphatic heterocycles. The molecule has 0 amide bonds. The molecule has 0 aromatic carbocycles. The first kappa shape index (κ1) is 17.4. The molecule has 0 saturated heterocycles. The summed E-state index contributed by atoms with van der Waals surface area (Å²) < 4.78 is 0. The summed E-state index contributed by atoms with van der Waals surface area (Å²) in [6.45, 7) is 9.82. The van der Waals surface area contributed by atoms with Crippen LogP contribution in [0.4, 0.5) is 0 Å². The smallest absolute Gasteiger partial charge is 0.0602 e. The van der Waals surface area contributed by atoms with Crippen molar-refractivity contribution in [3.05, 3.63) is 0 Å². The van der Waals surface area contributed by atoms with E-state index in [2.05, 4.69) is 27.7 Å². The Morgan fingerprint density at radius 3 is 2.50 bits per heavy atom. The van der Waals surface area contributed by atoms with Crippen LogP contribution in [-0.2, 0) is 0 Å². The minimum atomic E-state index is -0.0486. The molecule has 4 aliphatic rings. The van der Waals surface area contributed by atoms with E-state index in [0.29, 0.717) is 5.41 Å². The van der Waals surface area contributed by atoms with E-state index in [9.17, 15) is 5.11 Å². The van der Waals surface area contributed by atoms with Crippen molar-refractivity contribution in [3.63, 3.8) is 0 Å². The molecule has 0 aromatic rings. The zero-order chi connectivity index (χ0) is 17.1. The number of fused-ring (bicyclic) bond motifs is 5.